The molecule has 3 aliphatic heterocycles. The molecule has 0 aromatic heterocycles. The normalized spacial score (nSPS) is 44.9. The third kappa shape index (κ3) is 2.09. The van der Waals surface area contributed by atoms with Crippen molar-refractivity contribution in [2.75, 3.05) is 5.75 Å². The topological polar surface area (TPSA) is 33.6 Å². The number of thioether (sulfide) groups is 1. The Kier molecular flexibility index (Phi) is 3.11. The van der Waals surface area contributed by atoms with E-state index >= 15 is 0 Å². The Morgan fingerprint density at radius 2 is 2.38 bits per heavy atom. The highest BCUT2D eigenvalue weighted by Crippen LogP contribution is 2.36. The minimum absolute atomic E-state index is 0.418. The van der Waals surface area contributed by atoms with E-state index in [2.05, 4.69) is 12.2 Å². The lowest BCUT2D eigenvalue weighted by atomic mass is 9.96. The molecular weight excluding hydrogens is 220 g/mol. The quantitative estimate of drug-likeness (QED) is 0.803. The second-order valence-corrected chi connectivity index (χ2v) is 6.08. The molecule has 3 aliphatic rings. The van der Waals surface area contributed by atoms with Gasteiger partial charge in [-0.3, -0.25) is 4.99 Å². The molecule has 16 heavy (non-hydrogen) atoms. The summed E-state index contributed by atoms with van der Waals surface area (Å²) < 4.78 is 5.84. The molecule has 3 fully saturated rings. The van der Waals surface area contributed by atoms with Gasteiger partial charge in [0.2, 0.25) is 0 Å². The van der Waals surface area contributed by atoms with Gasteiger partial charge in [-0.25, -0.2) is 0 Å². The number of rotatable bonds is 2. The Morgan fingerprint density at radius 1 is 1.44 bits per heavy atom. The maximum absolute atomic E-state index is 5.84. The van der Waals surface area contributed by atoms with E-state index in [0.29, 0.717) is 24.3 Å². The highest BCUT2D eigenvalue weighted by molar-refractivity contribution is 8.13. The van der Waals surface area contributed by atoms with Gasteiger partial charge in [-0.05, 0) is 32.1 Å². The smallest absolute Gasteiger partial charge is 0.157 e. The van der Waals surface area contributed by atoms with Crippen molar-refractivity contribution in [3.63, 3.8) is 0 Å². The first kappa shape index (κ1) is 10.9. The van der Waals surface area contributed by atoms with Gasteiger partial charge in [0.05, 0.1) is 18.2 Å². The van der Waals surface area contributed by atoms with Crippen molar-refractivity contribution < 1.29 is 4.74 Å². The minimum atomic E-state index is 0.418. The van der Waals surface area contributed by atoms with Crippen molar-refractivity contribution in [1.29, 1.82) is 0 Å². The molecule has 3 saturated heterocycles. The molecule has 3 rings (SSSR count). The van der Waals surface area contributed by atoms with E-state index in [1.807, 2.05) is 11.8 Å². The number of fused-ring (bicyclic) bond motifs is 2. The van der Waals surface area contributed by atoms with Crippen molar-refractivity contribution >= 4 is 16.9 Å². The van der Waals surface area contributed by atoms with Crippen molar-refractivity contribution in [2.24, 2.45) is 4.99 Å². The molecule has 3 heterocycles. The number of hydrogen-bond acceptors (Lipinski definition) is 3. The highest BCUT2D eigenvalue weighted by atomic mass is 32.2. The Bertz CT molecular complexity index is 295. The van der Waals surface area contributed by atoms with Crippen LogP contribution in [0.1, 0.15) is 39.0 Å². The number of nitrogens with one attached hydrogen (secondary N) is 1. The van der Waals surface area contributed by atoms with Gasteiger partial charge in [-0.2, -0.15) is 0 Å². The Labute approximate surface area is 101 Å². The van der Waals surface area contributed by atoms with E-state index in [0.717, 1.165) is 6.42 Å². The van der Waals surface area contributed by atoms with E-state index in [9.17, 15) is 0 Å². The minimum Gasteiger partial charge on any atom is -0.373 e. The second kappa shape index (κ2) is 4.57. The third-order valence-corrected chi connectivity index (χ3v) is 4.82. The summed E-state index contributed by atoms with van der Waals surface area (Å²) in [6.07, 6.45) is 7.02. The first-order chi connectivity index (χ1) is 7.85. The van der Waals surface area contributed by atoms with E-state index in [1.54, 1.807) is 0 Å². The molecule has 4 atom stereocenters. The Morgan fingerprint density at radius 3 is 3.06 bits per heavy atom. The molecular formula is C12H20N2OS. The van der Waals surface area contributed by atoms with Gasteiger partial charge < -0.3 is 10.1 Å². The van der Waals surface area contributed by atoms with Gasteiger partial charge in [-0.1, -0.05) is 18.7 Å². The van der Waals surface area contributed by atoms with Crippen LogP contribution in [0.5, 0.6) is 0 Å². The van der Waals surface area contributed by atoms with Crippen LogP contribution in [-0.4, -0.2) is 35.2 Å². The summed E-state index contributed by atoms with van der Waals surface area (Å²) in [6, 6.07) is 1.07. The van der Waals surface area contributed by atoms with Crippen LogP contribution in [0.3, 0.4) is 0 Å². The SMILES string of the molecule is CCC1CCSC(=NC2CC3CCC2O3)N1. The summed E-state index contributed by atoms with van der Waals surface area (Å²) in [6.45, 7) is 2.24. The summed E-state index contributed by atoms with van der Waals surface area (Å²) in [5.41, 5.74) is 0. The van der Waals surface area contributed by atoms with Crippen molar-refractivity contribution in [1.82, 2.24) is 5.32 Å². The van der Waals surface area contributed by atoms with Crippen LogP contribution in [-0.2, 0) is 4.74 Å². The zero-order chi connectivity index (χ0) is 11.0. The van der Waals surface area contributed by atoms with Crippen LogP contribution < -0.4 is 5.32 Å². The van der Waals surface area contributed by atoms with Crippen LogP contribution in [0, 0.1) is 0 Å². The van der Waals surface area contributed by atoms with Gasteiger partial charge in [0.1, 0.15) is 0 Å². The second-order valence-electron chi connectivity index (χ2n) is 5.00. The first-order valence-electron chi connectivity index (χ1n) is 6.47. The van der Waals surface area contributed by atoms with Gasteiger partial charge in [0.25, 0.3) is 0 Å². The van der Waals surface area contributed by atoms with E-state index < -0.39 is 0 Å². The van der Waals surface area contributed by atoms with Gasteiger partial charge in [-0.15, -0.1) is 0 Å². The molecule has 0 aromatic rings. The molecule has 0 aromatic carbocycles. The van der Waals surface area contributed by atoms with Crippen molar-refractivity contribution in [2.45, 2.75) is 63.3 Å². The number of hydrogen-bond donors (Lipinski definition) is 1. The average Bonchev–Trinajstić information content (AvgIpc) is 2.91. The number of aliphatic imine (C=N–C) groups is 1. The summed E-state index contributed by atoms with van der Waals surface area (Å²) >= 11 is 1.88. The summed E-state index contributed by atoms with van der Waals surface area (Å²) in [5.74, 6) is 1.21. The van der Waals surface area contributed by atoms with Crippen LogP contribution in [0.25, 0.3) is 0 Å². The number of nitrogens with zero attached hydrogens (tertiary/aromatic N) is 1. The molecule has 2 bridgehead atoms. The maximum Gasteiger partial charge on any atom is 0.157 e. The Balaban J connectivity index is 1.63. The third-order valence-electron chi connectivity index (χ3n) is 3.88. The molecule has 4 unspecified atom stereocenters. The summed E-state index contributed by atoms with van der Waals surface area (Å²) in [4.78, 5) is 4.86. The standard InChI is InChI=1S/C12H20N2OS/c1-2-8-5-6-16-12(13-8)14-10-7-9-3-4-11(10)15-9/h8-11H,2-7H2,1H3,(H,13,14). The fraction of sp³-hybridized carbons (Fsp3) is 0.917. The molecule has 0 saturated carbocycles. The van der Waals surface area contributed by atoms with Crippen LogP contribution in [0.2, 0.25) is 0 Å². The molecule has 3 nitrogen and oxygen atoms in total. The van der Waals surface area contributed by atoms with Crippen molar-refractivity contribution in [3.8, 4) is 0 Å². The zero-order valence-corrected chi connectivity index (χ0v) is 10.6. The fourth-order valence-electron chi connectivity index (χ4n) is 2.86. The molecule has 1 N–H and O–H groups in total. The monoisotopic (exact) mass is 240 g/mol. The highest BCUT2D eigenvalue weighted by Gasteiger charge is 2.41. The molecule has 90 valence electrons. The van der Waals surface area contributed by atoms with Crippen LogP contribution in [0.15, 0.2) is 4.99 Å². The number of ether oxygens (including phenoxy) is 1. The number of amidine groups is 1. The zero-order valence-electron chi connectivity index (χ0n) is 9.82. The lowest BCUT2D eigenvalue weighted by Crippen LogP contribution is -2.38. The first-order valence-corrected chi connectivity index (χ1v) is 7.46. The predicted molar refractivity (Wildman–Crippen MR) is 68.0 cm³/mol. The molecule has 0 aliphatic carbocycles. The molecule has 0 radical (unpaired) electrons. The van der Waals surface area contributed by atoms with E-state index in [1.165, 1.54) is 36.6 Å². The van der Waals surface area contributed by atoms with Gasteiger partial charge >= 0.3 is 0 Å². The molecule has 0 amide bonds. The lowest BCUT2D eigenvalue weighted by molar-refractivity contribution is 0.101. The van der Waals surface area contributed by atoms with Gasteiger partial charge in [0.15, 0.2) is 5.17 Å². The molecule has 4 heteroatoms. The van der Waals surface area contributed by atoms with Crippen molar-refractivity contribution in [3.05, 3.63) is 0 Å². The maximum atomic E-state index is 5.84. The largest absolute Gasteiger partial charge is 0.373 e. The van der Waals surface area contributed by atoms with Crippen LogP contribution >= 0.6 is 11.8 Å². The van der Waals surface area contributed by atoms with Gasteiger partial charge in [0, 0.05) is 11.8 Å². The summed E-state index contributed by atoms with van der Waals surface area (Å²) in [7, 11) is 0. The Hall–Kier alpha value is -0.220. The molecule has 0 spiro atoms. The van der Waals surface area contributed by atoms with Crippen LogP contribution in [0.4, 0.5) is 0 Å². The summed E-state index contributed by atoms with van der Waals surface area (Å²) in [5, 5.41) is 4.71. The van der Waals surface area contributed by atoms with E-state index in [-0.39, 0.29) is 0 Å². The predicted octanol–water partition coefficient (Wildman–Crippen LogP) is 2.17. The fourth-order valence-corrected chi connectivity index (χ4v) is 3.92. The average molecular weight is 240 g/mol. The lowest BCUT2D eigenvalue weighted by Gasteiger charge is -2.26. The van der Waals surface area contributed by atoms with E-state index in [4.69, 9.17) is 9.73 Å².